The maximum atomic E-state index is 12.0. The lowest BCUT2D eigenvalue weighted by Gasteiger charge is -2.06. The molecule has 0 unspecified atom stereocenters. The molecule has 1 amide bonds. The molecule has 3 aromatic rings. The number of rotatable bonds is 7. The van der Waals surface area contributed by atoms with Crippen molar-refractivity contribution in [2.24, 2.45) is 5.92 Å². The first-order valence-electron chi connectivity index (χ1n) is 7.98. The second-order valence-corrected chi connectivity index (χ2v) is 8.17. The molecule has 7 heteroatoms. The van der Waals surface area contributed by atoms with Crippen molar-refractivity contribution in [2.75, 3.05) is 17.7 Å². The molecule has 1 N–H and O–H groups in total. The van der Waals surface area contributed by atoms with Crippen LogP contribution in [0.3, 0.4) is 0 Å². The van der Waals surface area contributed by atoms with E-state index in [4.69, 9.17) is 4.74 Å². The van der Waals surface area contributed by atoms with Crippen molar-refractivity contribution < 1.29 is 9.53 Å². The molecule has 0 aliphatic rings. The van der Waals surface area contributed by atoms with Gasteiger partial charge in [-0.2, -0.15) is 0 Å². The summed E-state index contributed by atoms with van der Waals surface area (Å²) in [6, 6.07) is 13.8. The van der Waals surface area contributed by atoms with E-state index >= 15 is 0 Å². The van der Waals surface area contributed by atoms with E-state index in [1.165, 1.54) is 11.3 Å². The van der Waals surface area contributed by atoms with Crippen LogP contribution >= 0.6 is 23.1 Å². The van der Waals surface area contributed by atoms with Gasteiger partial charge in [-0.25, -0.2) is 0 Å². The quantitative estimate of drug-likeness (QED) is 0.489. The Morgan fingerprint density at radius 3 is 2.80 bits per heavy atom. The number of hydrogen-bond donors (Lipinski definition) is 1. The van der Waals surface area contributed by atoms with Crippen molar-refractivity contribution >= 4 is 44.9 Å². The Bertz CT molecular complexity index is 864. The number of carbonyl (C=O) groups is 1. The third-order valence-corrected chi connectivity index (χ3v) is 5.68. The van der Waals surface area contributed by atoms with Gasteiger partial charge in [0.05, 0.1) is 0 Å². The number of nitrogens with zero attached hydrogens (tertiary/aromatic N) is 2. The van der Waals surface area contributed by atoms with E-state index in [2.05, 4.69) is 29.4 Å². The number of amides is 1. The molecule has 3 rings (SSSR count). The summed E-state index contributed by atoms with van der Waals surface area (Å²) in [5.41, 5.74) is 0. The van der Waals surface area contributed by atoms with E-state index in [-0.39, 0.29) is 12.5 Å². The van der Waals surface area contributed by atoms with E-state index in [9.17, 15) is 4.79 Å². The molecule has 25 heavy (non-hydrogen) atoms. The SMILES string of the molecule is CC(C)CSc1nnc(NC(=O)COc2ccc3ccccc3c2)s1. The summed E-state index contributed by atoms with van der Waals surface area (Å²) < 4.78 is 6.43. The second-order valence-electron chi connectivity index (χ2n) is 5.92. The van der Waals surface area contributed by atoms with Gasteiger partial charge in [-0.15, -0.1) is 10.2 Å². The molecule has 1 heterocycles. The molecule has 130 valence electrons. The largest absolute Gasteiger partial charge is 0.484 e. The van der Waals surface area contributed by atoms with Crippen LogP contribution in [0.5, 0.6) is 5.75 Å². The minimum atomic E-state index is -0.246. The van der Waals surface area contributed by atoms with Gasteiger partial charge in [-0.3, -0.25) is 10.1 Å². The average molecular weight is 374 g/mol. The standard InChI is InChI=1S/C18H19N3O2S2/c1-12(2)11-24-18-21-20-17(25-18)19-16(22)10-23-15-8-7-13-5-3-4-6-14(13)9-15/h3-9,12H,10-11H2,1-2H3,(H,19,20,22). The summed E-state index contributed by atoms with van der Waals surface area (Å²) in [6.07, 6.45) is 0. The zero-order valence-electron chi connectivity index (χ0n) is 14.1. The van der Waals surface area contributed by atoms with Gasteiger partial charge < -0.3 is 4.74 Å². The number of benzene rings is 2. The smallest absolute Gasteiger partial charge is 0.264 e. The van der Waals surface area contributed by atoms with Crippen LogP contribution in [-0.4, -0.2) is 28.5 Å². The van der Waals surface area contributed by atoms with Crippen molar-refractivity contribution in [3.63, 3.8) is 0 Å². The van der Waals surface area contributed by atoms with Gasteiger partial charge in [0.25, 0.3) is 5.91 Å². The predicted octanol–water partition coefficient (Wildman–Crippen LogP) is 4.46. The fourth-order valence-corrected chi connectivity index (χ4v) is 3.86. The zero-order chi connectivity index (χ0) is 17.6. The maximum Gasteiger partial charge on any atom is 0.264 e. The van der Waals surface area contributed by atoms with Crippen LogP contribution in [0.2, 0.25) is 0 Å². The second kappa shape index (κ2) is 8.31. The van der Waals surface area contributed by atoms with Gasteiger partial charge >= 0.3 is 0 Å². The maximum absolute atomic E-state index is 12.0. The first kappa shape index (κ1) is 17.7. The molecule has 0 aliphatic carbocycles. The van der Waals surface area contributed by atoms with E-state index in [1.54, 1.807) is 11.8 Å². The summed E-state index contributed by atoms with van der Waals surface area (Å²) in [7, 11) is 0. The lowest BCUT2D eigenvalue weighted by atomic mass is 10.1. The molecule has 5 nitrogen and oxygen atoms in total. The topological polar surface area (TPSA) is 64.1 Å². The number of carbonyl (C=O) groups excluding carboxylic acids is 1. The number of hydrogen-bond acceptors (Lipinski definition) is 6. The van der Waals surface area contributed by atoms with Crippen LogP contribution < -0.4 is 10.1 Å². The number of fused-ring (bicyclic) bond motifs is 1. The first-order chi connectivity index (χ1) is 12.1. The summed E-state index contributed by atoms with van der Waals surface area (Å²) in [5, 5.41) is 13.5. The van der Waals surface area contributed by atoms with Crippen LogP contribution in [0.15, 0.2) is 46.8 Å². The lowest BCUT2D eigenvalue weighted by Crippen LogP contribution is -2.20. The lowest BCUT2D eigenvalue weighted by molar-refractivity contribution is -0.118. The number of thioether (sulfide) groups is 1. The normalized spacial score (nSPS) is 11.0. The van der Waals surface area contributed by atoms with E-state index in [0.717, 1.165) is 20.9 Å². The van der Waals surface area contributed by atoms with E-state index in [1.807, 2.05) is 42.5 Å². The minimum absolute atomic E-state index is 0.0631. The Balaban J connectivity index is 1.52. The van der Waals surface area contributed by atoms with E-state index in [0.29, 0.717) is 16.8 Å². The Morgan fingerprint density at radius 2 is 2.00 bits per heavy atom. The highest BCUT2D eigenvalue weighted by atomic mass is 32.2. The Labute approximate surface area is 154 Å². The summed E-state index contributed by atoms with van der Waals surface area (Å²) in [5.74, 6) is 1.99. The van der Waals surface area contributed by atoms with Crippen LogP contribution in [0.1, 0.15) is 13.8 Å². The summed E-state index contributed by atoms with van der Waals surface area (Å²) in [4.78, 5) is 12.0. The Kier molecular flexibility index (Phi) is 5.88. The summed E-state index contributed by atoms with van der Waals surface area (Å²) in [6.45, 7) is 4.24. The fraction of sp³-hybridized carbons (Fsp3) is 0.278. The third kappa shape index (κ3) is 5.17. The van der Waals surface area contributed by atoms with Crippen molar-refractivity contribution in [3.8, 4) is 5.75 Å². The molecular weight excluding hydrogens is 354 g/mol. The Morgan fingerprint density at radius 1 is 1.20 bits per heavy atom. The first-order valence-corrected chi connectivity index (χ1v) is 9.78. The monoisotopic (exact) mass is 373 g/mol. The molecule has 0 spiro atoms. The molecule has 1 aromatic heterocycles. The van der Waals surface area contributed by atoms with Crippen molar-refractivity contribution in [1.29, 1.82) is 0 Å². The van der Waals surface area contributed by atoms with Gasteiger partial charge in [0, 0.05) is 5.75 Å². The highest BCUT2D eigenvalue weighted by Crippen LogP contribution is 2.27. The van der Waals surface area contributed by atoms with Gasteiger partial charge in [-0.05, 0) is 28.8 Å². The third-order valence-electron chi connectivity index (χ3n) is 3.28. The molecule has 2 aromatic carbocycles. The highest BCUT2D eigenvalue weighted by Gasteiger charge is 2.10. The van der Waals surface area contributed by atoms with E-state index < -0.39 is 0 Å². The number of aromatic nitrogens is 2. The number of anilines is 1. The fourth-order valence-electron chi connectivity index (χ4n) is 2.12. The highest BCUT2D eigenvalue weighted by molar-refractivity contribution is 8.01. The molecular formula is C18H19N3O2S2. The van der Waals surface area contributed by atoms with Crippen molar-refractivity contribution in [2.45, 2.75) is 18.2 Å². The molecule has 0 bridgehead atoms. The van der Waals surface area contributed by atoms with Crippen molar-refractivity contribution in [3.05, 3.63) is 42.5 Å². The zero-order valence-corrected chi connectivity index (χ0v) is 15.7. The number of nitrogens with one attached hydrogen (secondary N) is 1. The Hall–Kier alpha value is -2.12. The number of ether oxygens (including phenoxy) is 1. The van der Waals surface area contributed by atoms with Gasteiger partial charge in [-0.1, -0.05) is 67.3 Å². The molecule has 0 saturated carbocycles. The molecule has 0 saturated heterocycles. The van der Waals surface area contributed by atoms with Crippen LogP contribution in [-0.2, 0) is 4.79 Å². The molecule has 0 aliphatic heterocycles. The molecule has 0 atom stereocenters. The minimum Gasteiger partial charge on any atom is -0.484 e. The van der Waals surface area contributed by atoms with Gasteiger partial charge in [0.1, 0.15) is 5.75 Å². The molecule has 0 radical (unpaired) electrons. The summed E-state index contributed by atoms with van der Waals surface area (Å²) >= 11 is 3.03. The predicted molar refractivity (Wildman–Crippen MR) is 104 cm³/mol. The van der Waals surface area contributed by atoms with Crippen LogP contribution in [0.4, 0.5) is 5.13 Å². The van der Waals surface area contributed by atoms with Crippen LogP contribution in [0, 0.1) is 5.92 Å². The van der Waals surface area contributed by atoms with Gasteiger partial charge in [0.2, 0.25) is 5.13 Å². The molecule has 0 fully saturated rings. The average Bonchev–Trinajstić information content (AvgIpc) is 3.05. The van der Waals surface area contributed by atoms with Crippen LogP contribution in [0.25, 0.3) is 10.8 Å². The van der Waals surface area contributed by atoms with Gasteiger partial charge in [0.15, 0.2) is 10.9 Å². The van der Waals surface area contributed by atoms with Crippen molar-refractivity contribution in [1.82, 2.24) is 10.2 Å².